The van der Waals surface area contributed by atoms with Crippen LogP contribution in [0.3, 0.4) is 0 Å². The Morgan fingerprint density at radius 3 is 2.35 bits per heavy atom. The monoisotopic (exact) mass is 323 g/mol. The summed E-state index contributed by atoms with van der Waals surface area (Å²) >= 11 is 0. The van der Waals surface area contributed by atoms with Gasteiger partial charge < -0.3 is 15.5 Å². The number of hydrogen-bond acceptors (Lipinski definition) is 3. The first-order valence-corrected chi connectivity index (χ1v) is 8.56. The van der Waals surface area contributed by atoms with Crippen molar-refractivity contribution in [2.24, 2.45) is 17.1 Å². The summed E-state index contributed by atoms with van der Waals surface area (Å²) in [5.74, 6) is -0.560. The lowest BCUT2D eigenvalue weighted by atomic mass is 9.91. The summed E-state index contributed by atoms with van der Waals surface area (Å²) in [5.41, 5.74) is 5.30. The Labute approximate surface area is 138 Å². The average Bonchev–Trinajstić information content (AvgIpc) is 2.94. The van der Waals surface area contributed by atoms with Crippen molar-refractivity contribution < 1.29 is 14.4 Å². The van der Waals surface area contributed by atoms with Crippen molar-refractivity contribution in [2.75, 3.05) is 19.6 Å². The fraction of sp³-hybridized carbons (Fsp3) is 0.824. The van der Waals surface area contributed by atoms with Crippen LogP contribution in [0.25, 0.3) is 0 Å². The van der Waals surface area contributed by atoms with Crippen LogP contribution in [-0.2, 0) is 14.4 Å². The third-order valence-corrected chi connectivity index (χ3v) is 4.68. The smallest absolute Gasteiger partial charge is 0.245 e. The first-order chi connectivity index (χ1) is 10.7. The van der Waals surface area contributed by atoms with Gasteiger partial charge in [-0.15, -0.1) is 0 Å². The third-order valence-electron chi connectivity index (χ3n) is 4.68. The van der Waals surface area contributed by atoms with Crippen LogP contribution in [0.4, 0.5) is 0 Å². The Morgan fingerprint density at radius 1 is 1.09 bits per heavy atom. The molecule has 6 heteroatoms. The highest BCUT2D eigenvalue weighted by Crippen LogP contribution is 2.27. The number of carbonyl (C=O) groups is 3. The molecule has 2 aliphatic rings. The van der Waals surface area contributed by atoms with Crippen LogP contribution in [0.5, 0.6) is 0 Å². The Balaban J connectivity index is 2.02. The molecule has 0 unspecified atom stereocenters. The molecule has 0 aromatic carbocycles. The molecule has 2 N–H and O–H groups in total. The fourth-order valence-electron chi connectivity index (χ4n) is 3.50. The molecule has 0 saturated carbocycles. The van der Waals surface area contributed by atoms with Gasteiger partial charge in [-0.25, -0.2) is 0 Å². The highest BCUT2D eigenvalue weighted by atomic mass is 16.2. The Bertz CT molecular complexity index is 484. The first-order valence-electron chi connectivity index (χ1n) is 8.56. The number of amides is 3. The van der Waals surface area contributed by atoms with E-state index in [-0.39, 0.29) is 35.1 Å². The van der Waals surface area contributed by atoms with Crippen LogP contribution in [0, 0.1) is 11.3 Å². The van der Waals surface area contributed by atoms with Gasteiger partial charge in [0.05, 0.1) is 5.92 Å². The van der Waals surface area contributed by atoms with E-state index in [1.165, 1.54) is 0 Å². The normalized spacial score (nSPS) is 25.5. The van der Waals surface area contributed by atoms with E-state index in [9.17, 15) is 14.4 Å². The summed E-state index contributed by atoms with van der Waals surface area (Å²) in [6.07, 6.45) is 3.56. The number of carbonyl (C=O) groups excluding carboxylic acids is 3. The van der Waals surface area contributed by atoms with Gasteiger partial charge in [0.2, 0.25) is 17.7 Å². The van der Waals surface area contributed by atoms with Crippen molar-refractivity contribution in [3.05, 3.63) is 0 Å². The summed E-state index contributed by atoms with van der Waals surface area (Å²) in [5, 5.41) is 0. The molecule has 2 atom stereocenters. The molecule has 2 heterocycles. The lowest BCUT2D eigenvalue weighted by molar-refractivity contribution is -0.146. The second kappa shape index (κ2) is 6.89. The van der Waals surface area contributed by atoms with Crippen molar-refractivity contribution in [3.63, 3.8) is 0 Å². The van der Waals surface area contributed by atoms with E-state index in [0.717, 1.165) is 19.3 Å². The number of piperidine rings is 1. The molecular formula is C17H29N3O3. The number of likely N-dealkylation sites (tertiary alicyclic amines) is 2. The maximum atomic E-state index is 12.8. The lowest BCUT2D eigenvalue weighted by Gasteiger charge is -2.35. The van der Waals surface area contributed by atoms with E-state index < -0.39 is 0 Å². The average molecular weight is 323 g/mol. The molecule has 2 aliphatic heterocycles. The van der Waals surface area contributed by atoms with E-state index in [1.807, 2.05) is 20.8 Å². The number of hydrogen-bond donors (Lipinski definition) is 1. The minimum atomic E-state index is -0.364. The van der Waals surface area contributed by atoms with E-state index in [1.54, 1.807) is 9.80 Å². The van der Waals surface area contributed by atoms with Gasteiger partial charge in [0.15, 0.2) is 0 Å². The minimum Gasteiger partial charge on any atom is -0.369 e. The van der Waals surface area contributed by atoms with Crippen molar-refractivity contribution >= 4 is 17.7 Å². The van der Waals surface area contributed by atoms with Crippen LogP contribution in [-0.4, -0.2) is 53.2 Å². The maximum Gasteiger partial charge on any atom is 0.245 e. The fourth-order valence-corrected chi connectivity index (χ4v) is 3.50. The van der Waals surface area contributed by atoms with Crippen molar-refractivity contribution in [2.45, 2.75) is 58.9 Å². The minimum absolute atomic E-state index is 0.0179. The standard InChI is InChI=1S/C17H29N3O3/c1-17(2,3)10-14(21)20-9-5-7-13(20)16(23)19-8-4-6-12(11-19)15(18)22/h12-13H,4-11H2,1-3H3,(H2,18,22)/t12-,13+/m1/s1. The van der Waals surface area contributed by atoms with Crippen LogP contribution < -0.4 is 5.73 Å². The Hall–Kier alpha value is -1.59. The molecule has 0 aliphatic carbocycles. The molecule has 2 saturated heterocycles. The molecule has 23 heavy (non-hydrogen) atoms. The maximum absolute atomic E-state index is 12.8. The second-order valence-corrected chi connectivity index (χ2v) is 8.01. The predicted octanol–water partition coefficient (Wildman–Crippen LogP) is 1.14. The van der Waals surface area contributed by atoms with E-state index >= 15 is 0 Å². The van der Waals surface area contributed by atoms with Crippen molar-refractivity contribution in [1.82, 2.24) is 9.80 Å². The molecule has 130 valence electrons. The van der Waals surface area contributed by atoms with Gasteiger partial charge in [-0.3, -0.25) is 14.4 Å². The van der Waals surface area contributed by atoms with E-state index in [0.29, 0.717) is 32.5 Å². The zero-order valence-electron chi connectivity index (χ0n) is 14.5. The SMILES string of the molecule is CC(C)(C)CC(=O)N1CCC[C@H]1C(=O)N1CCC[C@@H](C(N)=O)C1. The van der Waals surface area contributed by atoms with Gasteiger partial charge in [0, 0.05) is 26.1 Å². The second-order valence-electron chi connectivity index (χ2n) is 8.01. The molecular weight excluding hydrogens is 294 g/mol. The van der Waals surface area contributed by atoms with Gasteiger partial charge in [-0.05, 0) is 31.1 Å². The molecule has 2 rings (SSSR count). The van der Waals surface area contributed by atoms with Crippen LogP contribution in [0.15, 0.2) is 0 Å². The molecule has 0 aromatic rings. The zero-order valence-corrected chi connectivity index (χ0v) is 14.5. The topological polar surface area (TPSA) is 83.7 Å². The van der Waals surface area contributed by atoms with Crippen molar-refractivity contribution in [1.29, 1.82) is 0 Å². The summed E-state index contributed by atoms with van der Waals surface area (Å²) in [6.45, 7) is 7.78. The lowest BCUT2D eigenvalue weighted by Crippen LogP contribution is -2.52. The van der Waals surface area contributed by atoms with Crippen LogP contribution in [0.2, 0.25) is 0 Å². The van der Waals surface area contributed by atoms with E-state index in [2.05, 4.69) is 0 Å². The first kappa shape index (κ1) is 17.8. The van der Waals surface area contributed by atoms with Gasteiger partial charge >= 0.3 is 0 Å². The predicted molar refractivity (Wildman–Crippen MR) is 87.3 cm³/mol. The highest BCUT2D eigenvalue weighted by molar-refractivity contribution is 5.89. The summed E-state index contributed by atoms with van der Waals surface area (Å²) < 4.78 is 0. The van der Waals surface area contributed by atoms with Crippen molar-refractivity contribution in [3.8, 4) is 0 Å². The van der Waals surface area contributed by atoms with E-state index in [4.69, 9.17) is 5.73 Å². The third kappa shape index (κ3) is 4.45. The molecule has 0 radical (unpaired) electrons. The zero-order chi connectivity index (χ0) is 17.2. The van der Waals surface area contributed by atoms with Crippen LogP contribution in [0.1, 0.15) is 52.9 Å². The molecule has 2 fully saturated rings. The Kier molecular flexibility index (Phi) is 5.32. The number of primary amides is 1. The number of nitrogens with two attached hydrogens (primary N) is 1. The number of nitrogens with zero attached hydrogens (tertiary/aromatic N) is 2. The summed E-state index contributed by atoms with van der Waals surface area (Å²) in [4.78, 5) is 40.2. The molecule has 0 spiro atoms. The quantitative estimate of drug-likeness (QED) is 0.845. The van der Waals surface area contributed by atoms with Gasteiger partial charge in [0.1, 0.15) is 6.04 Å². The van der Waals surface area contributed by atoms with Gasteiger partial charge in [-0.1, -0.05) is 20.8 Å². The molecule has 0 aromatic heterocycles. The number of rotatable bonds is 3. The Morgan fingerprint density at radius 2 is 1.74 bits per heavy atom. The van der Waals surface area contributed by atoms with Crippen LogP contribution >= 0.6 is 0 Å². The summed E-state index contributed by atoms with van der Waals surface area (Å²) in [6, 6.07) is -0.364. The molecule has 6 nitrogen and oxygen atoms in total. The van der Waals surface area contributed by atoms with Gasteiger partial charge in [-0.2, -0.15) is 0 Å². The van der Waals surface area contributed by atoms with Gasteiger partial charge in [0.25, 0.3) is 0 Å². The molecule has 0 bridgehead atoms. The largest absolute Gasteiger partial charge is 0.369 e. The molecule has 3 amide bonds. The summed E-state index contributed by atoms with van der Waals surface area (Å²) in [7, 11) is 0. The highest BCUT2D eigenvalue weighted by Gasteiger charge is 2.39.